The number of aliphatic carboxylic acids is 2. The molecular formula is C18H31N5O8. The Morgan fingerprint density at radius 1 is 0.871 bits per heavy atom. The third kappa shape index (κ3) is 10.4. The van der Waals surface area contributed by atoms with E-state index in [1.54, 1.807) is 6.92 Å². The summed E-state index contributed by atoms with van der Waals surface area (Å²) in [7, 11) is 0. The summed E-state index contributed by atoms with van der Waals surface area (Å²) in [5.74, 6) is -6.40. The highest BCUT2D eigenvalue weighted by atomic mass is 16.4. The van der Waals surface area contributed by atoms with Gasteiger partial charge in [-0.3, -0.25) is 28.8 Å². The second-order valence-electron chi connectivity index (χ2n) is 7.21. The van der Waals surface area contributed by atoms with Gasteiger partial charge in [0.05, 0.1) is 12.5 Å². The quantitative estimate of drug-likeness (QED) is 0.151. The molecular weight excluding hydrogens is 414 g/mol. The lowest BCUT2D eigenvalue weighted by Crippen LogP contribution is -2.57. The smallest absolute Gasteiger partial charge is 0.325 e. The number of carbonyl (C=O) groups is 6. The van der Waals surface area contributed by atoms with Crippen LogP contribution in [0.1, 0.15) is 46.5 Å². The van der Waals surface area contributed by atoms with Crippen LogP contribution in [-0.4, -0.2) is 69.9 Å². The fourth-order valence-electron chi connectivity index (χ4n) is 2.37. The third-order valence-electron chi connectivity index (χ3n) is 4.61. The minimum atomic E-state index is -1.62. The molecule has 0 aromatic heterocycles. The second kappa shape index (κ2) is 13.2. The van der Waals surface area contributed by atoms with Gasteiger partial charge in [-0.25, -0.2) is 0 Å². The van der Waals surface area contributed by atoms with E-state index in [1.807, 2.05) is 6.92 Å². The Kier molecular flexibility index (Phi) is 11.8. The zero-order valence-electron chi connectivity index (χ0n) is 17.7. The Balaban J connectivity index is 5.47. The van der Waals surface area contributed by atoms with Crippen LogP contribution in [0.15, 0.2) is 0 Å². The molecule has 31 heavy (non-hydrogen) atoms. The summed E-state index contributed by atoms with van der Waals surface area (Å²) < 4.78 is 0. The van der Waals surface area contributed by atoms with E-state index in [2.05, 4.69) is 16.0 Å². The summed E-state index contributed by atoms with van der Waals surface area (Å²) in [6.07, 6.45) is -0.738. The molecule has 5 unspecified atom stereocenters. The normalized spacial score (nSPS) is 15.5. The Morgan fingerprint density at radius 2 is 1.39 bits per heavy atom. The van der Waals surface area contributed by atoms with Gasteiger partial charge in [0.15, 0.2) is 0 Å². The van der Waals surface area contributed by atoms with Crippen molar-refractivity contribution in [2.45, 2.75) is 70.6 Å². The zero-order chi connectivity index (χ0) is 24.3. The van der Waals surface area contributed by atoms with Gasteiger partial charge in [0.25, 0.3) is 0 Å². The van der Waals surface area contributed by atoms with Crippen molar-refractivity contribution >= 4 is 35.6 Å². The van der Waals surface area contributed by atoms with Gasteiger partial charge < -0.3 is 37.6 Å². The summed E-state index contributed by atoms with van der Waals surface area (Å²) in [5.41, 5.74) is 10.9. The Morgan fingerprint density at radius 3 is 1.84 bits per heavy atom. The van der Waals surface area contributed by atoms with Gasteiger partial charge in [0, 0.05) is 6.42 Å². The number of carbonyl (C=O) groups excluding carboxylic acids is 4. The standard InChI is InChI=1S/C18H31N5O8/c1-4-8(2)14(20)17(29)22-10(5-6-12(19)24)15(27)23-11(7-13(25)26)16(28)21-9(3)18(30)31/h8-11,14H,4-7,20H2,1-3H3,(H2,19,24)(H,21,28)(H,22,29)(H,23,27)(H,25,26)(H,30,31). The lowest BCUT2D eigenvalue weighted by atomic mass is 9.98. The van der Waals surface area contributed by atoms with Crippen molar-refractivity contribution in [3.05, 3.63) is 0 Å². The fourth-order valence-corrected chi connectivity index (χ4v) is 2.37. The molecule has 176 valence electrons. The number of carboxylic acid groups (broad SMARTS) is 2. The molecule has 0 aromatic rings. The molecule has 0 spiro atoms. The molecule has 0 saturated carbocycles. The molecule has 0 saturated heterocycles. The van der Waals surface area contributed by atoms with E-state index in [0.29, 0.717) is 6.42 Å². The van der Waals surface area contributed by atoms with Crippen LogP contribution in [0, 0.1) is 5.92 Å². The van der Waals surface area contributed by atoms with Gasteiger partial charge in [-0.2, -0.15) is 0 Å². The van der Waals surface area contributed by atoms with Crippen molar-refractivity contribution in [1.29, 1.82) is 0 Å². The lowest BCUT2D eigenvalue weighted by molar-refractivity contribution is -0.143. The lowest BCUT2D eigenvalue weighted by Gasteiger charge is -2.25. The summed E-state index contributed by atoms with van der Waals surface area (Å²) in [4.78, 5) is 70.4. The molecule has 4 amide bonds. The maximum Gasteiger partial charge on any atom is 0.325 e. The largest absolute Gasteiger partial charge is 0.481 e. The highest BCUT2D eigenvalue weighted by Crippen LogP contribution is 2.07. The first-order valence-electron chi connectivity index (χ1n) is 9.69. The van der Waals surface area contributed by atoms with Crippen LogP contribution in [0.3, 0.4) is 0 Å². The molecule has 5 atom stereocenters. The van der Waals surface area contributed by atoms with Crippen LogP contribution in [0.5, 0.6) is 0 Å². The van der Waals surface area contributed by atoms with Crippen LogP contribution < -0.4 is 27.4 Å². The number of nitrogens with one attached hydrogen (secondary N) is 3. The van der Waals surface area contributed by atoms with E-state index >= 15 is 0 Å². The maximum absolute atomic E-state index is 12.7. The number of carboxylic acids is 2. The molecule has 0 rings (SSSR count). The average Bonchev–Trinajstić information content (AvgIpc) is 2.68. The summed E-state index contributed by atoms with van der Waals surface area (Å²) in [6.45, 7) is 4.72. The van der Waals surface area contributed by atoms with Gasteiger partial charge in [0.1, 0.15) is 18.1 Å². The van der Waals surface area contributed by atoms with Crippen molar-refractivity contribution in [2.75, 3.05) is 0 Å². The summed E-state index contributed by atoms with van der Waals surface area (Å²) >= 11 is 0. The SMILES string of the molecule is CCC(C)C(N)C(=O)NC(CCC(N)=O)C(=O)NC(CC(=O)O)C(=O)NC(C)C(=O)O. The van der Waals surface area contributed by atoms with E-state index in [4.69, 9.17) is 21.7 Å². The minimum Gasteiger partial charge on any atom is -0.481 e. The Bertz CT molecular complexity index is 698. The van der Waals surface area contributed by atoms with Gasteiger partial charge in [0.2, 0.25) is 23.6 Å². The van der Waals surface area contributed by atoms with E-state index in [0.717, 1.165) is 6.92 Å². The van der Waals surface area contributed by atoms with Crippen LogP contribution >= 0.6 is 0 Å². The molecule has 0 heterocycles. The van der Waals surface area contributed by atoms with Crippen molar-refractivity contribution in [3.8, 4) is 0 Å². The highest BCUT2D eigenvalue weighted by molar-refractivity contribution is 5.95. The van der Waals surface area contributed by atoms with Crippen molar-refractivity contribution in [2.24, 2.45) is 17.4 Å². The maximum atomic E-state index is 12.7. The van der Waals surface area contributed by atoms with E-state index in [-0.39, 0.29) is 18.8 Å². The molecule has 0 radical (unpaired) electrons. The third-order valence-corrected chi connectivity index (χ3v) is 4.61. The topological polar surface area (TPSA) is 231 Å². The molecule has 0 bridgehead atoms. The number of nitrogens with two attached hydrogens (primary N) is 2. The van der Waals surface area contributed by atoms with E-state index in [1.165, 1.54) is 0 Å². The van der Waals surface area contributed by atoms with Crippen LogP contribution in [0.2, 0.25) is 0 Å². The Labute approximate surface area is 179 Å². The second-order valence-corrected chi connectivity index (χ2v) is 7.21. The highest BCUT2D eigenvalue weighted by Gasteiger charge is 2.31. The van der Waals surface area contributed by atoms with Crippen molar-refractivity contribution in [1.82, 2.24) is 16.0 Å². The molecule has 13 nitrogen and oxygen atoms in total. The predicted octanol–water partition coefficient (Wildman–Crippen LogP) is -2.34. The number of hydrogen-bond acceptors (Lipinski definition) is 7. The average molecular weight is 445 g/mol. The van der Waals surface area contributed by atoms with Crippen molar-refractivity contribution < 1.29 is 39.0 Å². The number of hydrogen-bond donors (Lipinski definition) is 7. The van der Waals surface area contributed by atoms with Gasteiger partial charge >= 0.3 is 11.9 Å². The van der Waals surface area contributed by atoms with Crippen molar-refractivity contribution in [3.63, 3.8) is 0 Å². The predicted molar refractivity (Wildman–Crippen MR) is 107 cm³/mol. The summed E-state index contributed by atoms with van der Waals surface area (Å²) in [6, 6.07) is -5.22. The molecule has 0 fully saturated rings. The zero-order valence-corrected chi connectivity index (χ0v) is 17.7. The Hall–Kier alpha value is -3.22. The van der Waals surface area contributed by atoms with Gasteiger partial charge in [-0.15, -0.1) is 0 Å². The molecule has 13 heteroatoms. The first-order chi connectivity index (χ1) is 14.3. The fraction of sp³-hybridized carbons (Fsp3) is 0.667. The van der Waals surface area contributed by atoms with Crippen LogP contribution in [0.4, 0.5) is 0 Å². The summed E-state index contributed by atoms with van der Waals surface area (Å²) in [5, 5.41) is 24.5. The monoisotopic (exact) mass is 445 g/mol. The first-order valence-corrected chi connectivity index (χ1v) is 9.69. The van der Waals surface area contributed by atoms with Crippen LogP contribution in [-0.2, 0) is 28.8 Å². The van der Waals surface area contributed by atoms with Gasteiger partial charge in [-0.1, -0.05) is 20.3 Å². The number of rotatable bonds is 14. The van der Waals surface area contributed by atoms with Crippen LogP contribution in [0.25, 0.3) is 0 Å². The van der Waals surface area contributed by atoms with Gasteiger partial charge in [-0.05, 0) is 19.3 Å². The minimum absolute atomic E-state index is 0.206. The first kappa shape index (κ1) is 27.8. The van der Waals surface area contributed by atoms with E-state index in [9.17, 15) is 28.8 Å². The van der Waals surface area contributed by atoms with E-state index < -0.39 is 66.2 Å². The number of primary amides is 1. The molecule has 9 N–H and O–H groups in total. The molecule has 0 aliphatic carbocycles. The molecule has 0 aliphatic heterocycles. The molecule has 0 aliphatic rings. The molecule has 0 aromatic carbocycles. The number of amides is 4.